The minimum atomic E-state index is -0.669. The Morgan fingerprint density at radius 1 is 1.12 bits per heavy atom. The third-order valence-electron chi connectivity index (χ3n) is 5.87. The van der Waals surface area contributed by atoms with Gasteiger partial charge in [0.25, 0.3) is 5.91 Å². The Labute approximate surface area is 186 Å². The molecule has 2 amide bonds. The van der Waals surface area contributed by atoms with Gasteiger partial charge in [-0.2, -0.15) is 0 Å². The topological polar surface area (TPSA) is 65.8 Å². The molecule has 2 heterocycles. The molecular formula is C25H26FN3O3. The smallest absolute Gasteiger partial charge is 0.290 e. The summed E-state index contributed by atoms with van der Waals surface area (Å²) in [5.41, 5.74) is 2.83. The summed E-state index contributed by atoms with van der Waals surface area (Å²) in [6.07, 6.45) is 1.86. The van der Waals surface area contributed by atoms with Crippen LogP contribution in [-0.2, 0) is 17.8 Å². The lowest BCUT2D eigenvalue weighted by atomic mass is 9.93. The lowest BCUT2D eigenvalue weighted by Gasteiger charge is -2.36. The van der Waals surface area contributed by atoms with E-state index in [9.17, 15) is 14.0 Å². The molecule has 166 valence electrons. The van der Waals surface area contributed by atoms with Gasteiger partial charge in [0, 0.05) is 19.5 Å². The Kier molecular flexibility index (Phi) is 6.37. The fraction of sp³-hybridized carbons (Fsp3) is 0.280. The molecule has 0 aliphatic carbocycles. The maximum atomic E-state index is 13.7. The number of nitrogens with one attached hydrogen (secondary N) is 1. The predicted octanol–water partition coefficient (Wildman–Crippen LogP) is 3.40. The van der Waals surface area contributed by atoms with Gasteiger partial charge in [-0.3, -0.25) is 9.59 Å². The molecule has 32 heavy (non-hydrogen) atoms. The van der Waals surface area contributed by atoms with Gasteiger partial charge in [0.1, 0.15) is 11.9 Å². The normalized spacial score (nSPS) is 16.5. The molecule has 0 bridgehead atoms. The Balaban J connectivity index is 1.55. The number of benzene rings is 2. The molecule has 7 heteroatoms. The van der Waals surface area contributed by atoms with Crippen LogP contribution in [0.4, 0.5) is 4.39 Å². The highest BCUT2D eigenvalue weighted by atomic mass is 19.1. The van der Waals surface area contributed by atoms with Gasteiger partial charge in [-0.05, 0) is 55.1 Å². The van der Waals surface area contributed by atoms with Gasteiger partial charge in [-0.25, -0.2) is 4.39 Å². The second-order valence-electron chi connectivity index (χ2n) is 8.18. The van der Waals surface area contributed by atoms with Gasteiger partial charge in [-0.15, -0.1) is 0 Å². The van der Waals surface area contributed by atoms with Crippen molar-refractivity contribution in [3.8, 4) is 0 Å². The van der Waals surface area contributed by atoms with E-state index in [-0.39, 0.29) is 36.0 Å². The Morgan fingerprint density at radius 2 is 1.91 bits per heavy atom. The second kappa shape index (κ2) is 9.36. The molecule has 0 saturated carbocycles. The Morgan fingerprint density at radius 3 is 2.59 bits per heavy atom. The zero-order chi connectivity index (χ0) is 22.7. The van der Waals surface area contributed by atoms with Gasteiger partial charge in [0.05, 0.1) is 12.3 Å². The molecule has 0 fully saturated rings. The number of fused-ring (bicyclic) bond motifs is 1. The lowest BCUT2D eigenvalue weighted by Crippen LogP contribution is -2.53. The second-order valence-corrected chi connectivity index (χ2v) is 8.18. The van der Waals surface area contributed by atoms with E-state index >= 15 is 0 Å². The molecule has 1 aromatic heterocycles. The first-order chi connectivity index (χ1) is 15.4. The summed E-state index contributed by atoms with van der Waals surface area (Å²) in [6.45, 7) is 0.616. The molecule has 3 aromatic rings. The van der Waals surface area contributed by atoms with E-state index in [1.165, 1.54) is 18.4 Å². The van der Waals surface area contributed by atoms with Crippen LogP contribution in [0.2, 0.25) is 0 Å². The van der Waals surface area contributed by atoms with Crippen molar-refractivity contribution in [2.24, 2.45) is 0 Å². The summed E-state index contributed by atoms with van der Waals surface area (Å²) in [6, 6.07) is 16.6. The molecule has 2 atom stereocenters. The maximum Gasteiger partial charge on any atom is 0.290 e. The fourth-order valence-electron chi connectivity index (χ4n) is 4.14. The number of likely N-dealkylation sites (N-methyl/N-ethyl adjacent to an activating group) is 1. The number of amides is 2. The standard InChI is InChI=1S/C25H26FN3O3/c1-28(2)22(18-9-5-10-20(26)13-18)15-27-24(30)21-14-17-7-3-4-8-19(17)16-29(21)25(31)23-11-6-12-32-23/h3-13,21-22H,14-16H2,1-2H3,(H,27,30). The van der Waals surface area contributed by atoms with Gasteiger partial charge >= 0.3 is 0 Å². The van der Waals surface area contributed by atoms with Crippen LogP contribution in [0.5, 0.6) is 0 Å². The number of hydrogen-bond acceptors (Lipinski definition) is 4. The van der Waals surface area contributed by atoms with E-state index in [0.717, 1.165) is 16.7 Å². The van der Waals surface area contributed by atoms with Crippen LogP contribution in [0.3, 0.4) is 0 Å². The first-order valence-corrected chi connectivity index (χ1v) is 10.5. The molecule has 1 aliphatic rings. The van der Waals surface area contributed by atoms with E-state index in [1.807, 2.05) is 49.3 Å². The van der Waals surface area contributed by atoms with Gasteiger partial charge in [0.2, 0.25) is 5.91 Å². The van der Waals surface area contributed by atoms with Crippen LogP contribution in [0.15, 0.2) is 71.3 Å². The molecular weight excluding hydrogens is 409 g/mol. The summed E-state index contributed by atoms with van der Waals surface area (Å²) in [5, 5.41) is 2.99. The van der Waals surface area contributed by atoms with Crippen molar-refractivity contribution < 1.29 is 18.4 Å². The van der Waals surface area contributed by atoms with Crippen LogP contribution >= 0.6 is 0 Å². The monoisotopic (exact) mass is 435 g/mol. The SMILES string of the molecule is CN(C)C(CNC(=O)C1Cc2ccccc2CN1C(=O)c1ccco1)c1cccc(F)c1. The number of hydrogen-bond donors (Lipinski definition) is 1. The van der Waals surface area contributed by atoms with Gasteiger partial charge in [0.15, 0.2) is 5.76 Å². The van der Waals surface area contributed by atoms with Crippen LogP contribution in [0.25, 0.3) is 0 Å². The van der Waals surface area contributed by atoms with E-state index in [4.69, 9.17) is 4.42 Å². The van der Waals surface area contributed by atoms with Crippen molar-refractivity contribution in [2.75, 3.05) is 20.6 Å². The van der Waals surface area contributed by atoms with E-state index in [2.05, 4.69) is 5.32 Å². The molecule has 0 saturated heterocycles. The molecule has 1 aliphatic heterocycles. The van der Waals surface area contributed by atoms with Crippen LogP contribution < -0.4 is 5.32 Å². The highest BCUT2D eigenvalue weighted by Crippen LogP contribution is 2.26. The van der Waals surface area contributed by atoms with Crippen LogP contribution in [0.1, 0.15) is 33.3 Å². The first-order valence-electron chi connectivity index (χ1n) is 10.5. The Bertz CT molecular complexity index is 1100. The lowest BCUT2D eigenvalue weighted by molar-refractivity contribution is -0.126. The minimum Gasteiger partial charge on any atom is -0.459 e. The largest absolute Gasteiger partial charge is 0.459 e. The first kappa shape index (κ1) is 21.8. The van der Waals surface area contributed by atoms with Crippen LogP contribution in [0, 0.1) is 5.82 Å². The molecule has 0 spiro atoms. The van der Waals surface area contributed by atoms with Gasteiger partial charge in [-0.1, -0.05) is 36.4 Å². The van der Waals surface area contributed by atoms with E-state index < -0.39 is 6.04 Å². The van der Waals surface area contributed by atoms with Crippen LogP contribution in [-0.4, -0.2) is 48.3 Å². The summed E-state index contributed by atoms with van der Waals surface area (Å²) in [4.78, 5) is 29.9. The zero-order valence-electron chi connectivity index (χ0n) is 18.1. The summed E-state index contributed by atoms with van der Waals surface area (Å²) < 4.78 is 19.0. The molecule has 4 rings (SSSR count). The number of rotatable bonds is 6. The summed E-state index contributed by atoms with van der Waals surface area (Å²) in [5.74, 6) is -0.686. The summed E-state index contributed by atoms with van der Waals surface area (Å²) >= 11 is 0. The molecule has 1 N–H and O–H groups in total. The molecule has 6 nitrogen and oxygen atoms in total. The number of nitrogens with zero attached hydrogens (tertiary/aromatic N) is 2. The average Bonchev–Trinajstić information content (AvgIpc) is 3.32. The number of carbonyl (C=O) groups is 2. The average molecular weight is 435 g/mol. The van der Waals surface area contributed by atoms with E-state index in [0.29, 0.717) is 13.0 Å². The van der Waals surface area contributed by atoms with Crippen molar-refractivity contribution in [2.45, 2.75) is 25.0 Å². The quantitative estimate of drug-likeness (QED) is 0.645. The van der Waals surface area contributed by atoms with Crippen molar-refractivity contribution in [3.63, 3.8) is 0 Å². The third-order valence-corrected chi connectivity index (χ3v) is 5.87. The summed E-state index contributed by atoms with van der Waals surface area (Å²) in [7, 11) is 3.76. The van der Waals surface area contributed by atoms with Crippen molar-refractivity contribution in [1.29, 1.82) is 0 Å². The fourth-order valence-corrected chi connectivity index (χ4v) is 4.14. The molecule has 2 unspecified atom stereocenters. The van der Waals surface area contributed by atoms with Gasteiger partial charge < -0.3 is 19.5 Å². The third kappa shape index (κ3) is 4.57. The van der Waals surface area contributed by atoms with Crippen molar-refractivity contribution in [1.82, 2.24) is 15.1 Å². The highest BCUT2D eigenvalue weighted by molar-refractivity contribution is 5.96. The maximum absolute atomic E-state index is 13.7. The number of furan rings is 1. The Hall–Kier alpha value is -3.45. The molecule has 2 aromatic carbocycles. The predicted molar refractivity (Wildman–Crippen MR) is 118 cm³/mol. The zero-order valence-corrected chi connectivity index (χ0v) is 18.1. The minimum absolute atomic E-state index is 0.202. The number of halogens is 1. The number of carbonyl (C=O) groups excluding carboxylic acids is 2. The van der Waals surface area contributed by atoms with Crippen molar-refractivity contribution >= 4 is 11.8 Å². The van der Waals surface area contributed by atoms with Crippen molar-refractivity contribution in [3.05, 3.63) is 95.2 Å². The molecule has 0 radical (unpaired) electrons. The highest BCUT2D eigenvalue weighted by Gasteiger charge is 2.36. The van der Waals surface area contributed by atoms with E-state index in [1.54, 1.807) is 23.1 Å².